The number of benzene rings is 2. The number of hydrogen-bond acceptors (Lipinski definition) is 11. The molecule has 8 amide bonds. The highest BCUT2D eigenvalue weighted by atomic mass is 16.5. The lowest BCUT2D eigenvalue weighted by molar-refractivity contribution is -0.148. The zero-order chi connectivity index (χ0) is 53.7. The monoisotopic (exact) mass is 1000 g/mol. The van der Waals surface area contributed by atoms with Crippen molar-refractivity contribution in [1.29, 1.82) is 0 Å². The minimum atomic E-state index is -1.18. The SMILES string of the molecule is C=CC(=O)Nc1cc(C(=O)N(C)[C@H](C(=O)N[C@H](C(=O)N(C)[C@@H](C(C)CC)[C@@H](CC(=O)N2CCC[C@H]2[C@H](OC)[C@@H](C)C(=O)N[C@@H](Cc2ccccc2)C(=O)O)OC)C(C)C)C(C)C)cc(N2C(=O)C=CC2=O)c1. The maximum atomic E-state index is 14.8. The number of likely N-dealkylation sites (tertiary alicyclic amines) is 1. The van der Waals surface area contributed by atoms with Gasteiger partial charge < -0.3 is 45.2 Å². The van der Waals surface area contributed by atoms with E-state index >= 15 is 0 Å². The van der Waals surface area contributed by atoms with Crippen molar-refractivity contribution < 1.29 is 57.7 Å². The van der Waals surface area contributed by atoms with E-state index in [9.17, 15) is 48.3 Å². The third-order valence-corrected chi connectivity index (χ3v) is 13.7. The first-order valence-corrected chi connectivity index (χ1v) is 24.4. The van der Waals surface area contributed by atoms with Crippen molar-refractivity contribution in [2.24, 2.45) is 23.7 Å². The zero-order valence-electron chi connectivity index (χ0n) is 43.4. The molecule has 19 heteroatoms. The molecule has 4 N–H and O–H groups in total. The number of carbonyl (C=O) groups excluding carboxylic acids is 8. The first-order chi connectivity index (χ1) is 34.0. The molecule has 0 bridgehead atoms. The summed E-state index contributed by atoms with van der Waals surface area (Å²) in [6.45, 7) is 16.4. The number of carboxylic acids is 1. The van der Waals surface area contributed by atoms with Crippen LogP contribution in [0.3, 0.4) is 0 Å². The molecule has 72 heavy (non-hydrogen) atoms. The molecular formula is C53H73N7O12. The maximum absolute atomic E-state index is 14.8. The number of aliphatic carboxylic acids is 1. The largest absolute Gasteiger partial charge is 0.480 e. The number of methoxy groups -OCH3 is 2. The number of carboxylic acid groups (broad SMARTS) is 1. The number of amides is 8. The van der Waals surface area contributed by atoms with Gasteiger partial charge in [0, 0.05) is 64.7 Å². The number of ether oxygens (including phenoxy) is 2. The van der Waals surface area contributed by atoms with Crippen LogP contribution in [0, 0.1) is 23.7 Å². The van der Waals surface area contributed by atoms with Gasteiger partial charge in [0.05, 0.1) is 42.3 Å². The molecule has 0 aliphatic carbocycles. The Kier molecular flexibility index (Phi) is 21.0. The minimum absolute atomic E-state index is 0.0145. The summed E-state index contributed by atoms with van der Waals surface area (Å²) in [5, 5.41) is 18.1. The van der Waals surface area contributed by atoms with E-state index in [1.165, 1.54) is 49.3 Å². The van der Waals surface area contributed by atoms with Gasteiger partial charge in [-0.25, -0.2) is 9.69 Å². The van der Waals surface area contributed by atoms with Crippen molar-refractivity contribution >= 4 is 64.6 Å². The molecule has 2 aliphatic heterocycles. The molecule has 1 fully saturated rings. The Morgan fingerprint density at radius 2 is 1.50 bits per heavy atom. The summed E-state index contributed by atoms with van der Waals surface area (Å²) in [7, 11) is 5.95. The second-order valence-corrected chi connectivity index (χ2v) is 19.3. The van der Waals surface area contributed by atoms with E-state index in [0.717, 1.165) is 28.7 Å². The van der Waals surface area contributed by atoms with Crippen LogP contribution in [0.4, 0.5) is 11.4 Å². The first-order valence-electron chi connectivity index (χ1n) is 24.4. The van der Waals surface area contributed by atoms with E-state index in [1.807, 2.05) is 19.9 Å². The number of anilines is 2. The Labute approximate surface area is 422 Å². The molecule has 2 aromatic rings. The van der Waals surface area contributed by atoms with Crippen LogP contribution in [0.5, 0.6) is 0 Å². The lowest BCUT2D eigenvalue weighted by Crippen LogP contribution is -2.60. The molecule has 0 radical (unpaired) electrons. The highest BCUT2D eigenvalue weighted by Gasteiger charge is 2.44. The van der Waals surface area contributed by atoms with Crippen LogP contribution in [0.15, 0.2) is 73.3 Å². The lowest BCUT2D eigenvalue weighted by atomic mass is 9.89. The highest BCUT2D eigenvalue weighted by Crippen LogP contribution is 2.31. The smallest absolute Gasteiger partial charge is 0.326 e. The molecule has 9 atom stereocenters. The predicted octanol–water partition coefficient (Wildman–Crippen LogP) is 4.21. The van der Waals surface area contributed by atoms with Crippen molar-refractivity contribution in [3.05, 3.63) is 84.5 Å². The van der Waals surface area contributed by atoms with Crippen LogP contribution in [0.25, 0.3) is 0 Å². The summed E-state index contributed by atoms with van der Waals surface area (Å²) in [6.07, 6.45) is 3.31. The lowest BCUT2D eigenvalue weighted by Gasteiger charge is -2.41. The van der Waals surface area contributed by atoms with E-state index in [2.05, 4.69) is 22.5 Å². The average Bonchev–Trinajstić information content (AvgIpc) is 3.97. The Hall–Kier alpha value is -6.73. The minimum Gasteiger partial charge on any atom is -0.480 e. The Morgan fingerprint density at radius 1 is 0.861 bits per heavy atom. The number of hydrogen-bond donors (Lipinski definition) is 4. The van der Waals surface area contributed by atoms with E-state index in [1.54, 1.807) is 70.8 Å². The molecule has 2 heterocycles. The molecule has 4 rings (SSSR count). The second-order valence-electron chi connectivity index (χ2n) is 19.3. The van der Waals surface area contributed by atoms with E-state index in [4.69, 9.17) is 9.47 Å². The Bertz CT molecular complexity index is 2340. The number of rotatable bonds is 25. The average molecular weight is 1000 g/mol. The highest BCUT2D eigenvalue weighted by molar-refractivity contribution is 6.28. The molecule has 1 saturated heterocycles. The van der Waals surface area contributed by atoms with Gasteiger partial charge in [-0.3, -0.25) is 38.4 Å². The maximum Gasteiger partial charge on any atom is 0.326 e. The van der Waals surface area contributed by atoms with Crippen molar-refractivity contribution in [2.45, 2.75) is 123 Å². The van der Waals surface area contributed by atoms with Gasteiger partial charge in [-0.2, -0.15) is 0 Å². The molecular weight excluding hydrogens is 927 g/mol. The van der Waals surface area contributed by atoms with E-state index in [0.29, 0.717) is 25.8 Å². The Morgan fingerprint density at radius 3 is 2.04 bits per heavy atom. The third-order valence-electron chi connectivity index (χ3n) is 13.7. The van der Waals surface area contributed by atoms with Gasteiger partial charge in [-0.15, -0.1) is 0 Å². The molecule has 392 valence electrons. The number of imide groups is 1. The topological polar surface area (TPSA) is 241 Å². The summed E-state index contributed by atoms with van der Waals surface area (Å²) in [4.78, 5) is 127. The standard InChI is InChI=1S/C53H73N7O12/c1-13-32(7)47(40(71-11)29-44(64)59-24-18-21-39(59)48(72-12)33(8)49(65)55-38(53(69)70)25-34-19-16-15-17-20-34)58(10)52(68)45(30(3)4)56-50(66)46(31(5)6)57(9)51(67)35-26-36(54-41(61)14-2)28-37(27-35)60-42(62)22-23-43(60)63/h14-17,19-20,22-23,26-28,30-33,38-40,45-48H,2,13,18,21,24-25,29H2,1,3-12H3,(H,54,61)(H,55,65)(H,56,66)(H,69,70)/t32?,33-,38+,39+,40-,45+,46+,47+,48-/m1/s1. The number of nitrogens with one attached hydrogen (secondary N) is 3. The normalized spacial score (nSPS) is 17.9. The molecule has 2 aliphatic rings. The van der Waals surface area contributed by atoms with Gasteiger partial charge in [0.15, 0.2) is 0 Å². The fourth-order valence-corrected chi connectivity index (χ4v) is 9.67. The van der Waals surface area contributed by atoms with Crippen LogP contribution in [-0.2, 0) is 54.3 Å². The van der Waals surface area contributed by atoms with Crippen LogP contribution in [0.1, 0.15) is 90.1 Å². The number of carbonyl (C=O) groups is 9. The predicted molar refractivity (Wildman–Crippen MR) is 270 cm³/mol. The molecule has 0 saturated carbocycles. The molecule has 19 nitrogen and oxygen atoms in total. The summed E-state index contributed by atoms with van der Waals surface area (Å²) in [5.74, 6) is -7.62. The molecule has 2 aromatic carbocycles. The van der Waals surface area contributed by atoms with Crippen LogP contribution < -0.4 is 20.9 Å². The number of nitrogens with zero attached hydrogens (tertiary/aromatic N) is 4. The van der Waals surface area contributed by atoms with Crippen molar-refractivity contribution in [1.82, 2.24) is 25.3 Å². The van der Waals surface area contributed by atoms with Crippen LogP contribution >= 0.6 is 0 Å². The second kappa shape index (κ2) is 26.1. The van der Waals surface area contributed by atoms with Crippen LogP contribution in [0.2, 0.25) is 0 Å². The van der Waals surface area contributed by atoms with Gasteiger partial charge in [0.2, 0.25) is 29.5 Å². The van der Waals surface area contributed by atoms with Crippen LogP contribution in [-0.4, -0.2) is 150 Å². The van der Waals surface area contributed by atoms with Gasteiger partial charge in [0.1, 0.15) is 18.1 Å². The molecule has 0 aromatic heterocycles. The van der Waals surface area contributed by atoms with Crippen molar-refractivity contribution in [3.8, 4) is 0 Å². The van der Waals surface area contributed by atoms with Crippen molar-refractivity contribution in [3.63, 3.8) is 0 Å². The molecule has 0 spiro atoms. The van der Waals surface area contributed by atoms with E-state index in [-0.39, 0.29) is 41.6 Å². The van der Waals surface area contributed by atoms with Gasteiger partial charge in [0.25, 0.3) is 17.7 Å². The number of likely N-dealkylation sites (N-methyl/N-ethyl adjacent to an activating group) is 2. The first kappa shape index (κ1) is 57.8. The fourth-order valence-electron chi connectivity index (χ4n) is 9.67. The zero-order valence-corrected chi connectivity index (χ0v) is 43.4. The quantitative estimate of drug-likeness (QED) is 0.0809. The fraction of sp³-hybridized carbons (Fsp3) is 0.528. The van der Waals surface area contributed by atoms with Crippen molar-refractivity contribution in [2.75, 3.05) is 45.1 Å². The molecule has 1 unspecified atom stereocenters. The summed E-state index contributed by atoms with van der Waals surface area (Å²) < 4.78 is 11.9. The van der Waals surface area contributed by atoms with Gasteiger partial charge in [-0.1, -0.05) is 91.8 Å². The van der Waals surface area contributed by atoms with Gasteiger partial charge in [-0.05, 0) is 60.4 Å². The summed E-state index contributed by atoms with van der Waals surface area (Å²) >= 11 is 0. The Balaban J connectivity index is 1.54. The third kappa shape index (κ3) is 14.0. The summed E-state index contributed by atoms with van der Waals surface area (Å²) in [6, 6.07) is 8.41. The van der Waals surface area contributed by atoms with Gasteiger partial charge >= 0.3 is 5.97 Å². The summed E-state index contributed by atoms with van der Waals surface area (Å²) in [5.41, 5.74) is 0.805. The van der Waals surface area contributed by atoms with E-state index < -0.39 is 107 Å².